The summed E-state index contributed by atoms with van der Waals surface area (Å²) in [5.41, 5.74) is -0.430. The van der Waals surface area contributed by atoms with Crippen LogP contribution in [-0.2, 0) is 0 Å². The summed E-state index contributed by atoms with van der Waals surface area (Å²) >= 11 is 5.55. The molecule has 0 saturated carbocycles. The van der Waals surface area contributed by atoms with Gasteiger partial charge in [-0.2, -0.15) is 0 Å². The van der Waals surface area contributed by atoms with Crippen LogP contribution in [0.3, 0.4) is 0 Å². The van der Waals surface area contributed by atoms with Crippen LogP contribution in [0.1, 0.15) is 27.6 Å². The van der Waals surface area contributed by atoms with Crippen LogP contribution in [-0.4, -0.2) is 18.4 Å². The van der Waals surface area contributed by atoms with E-state index in [1.54, 1.807) is 0 Å². The molecule has 0 radical (unpaired) electrons. The molecule has 0 fully saturated rings. The molecule has 0 N–H and O–H groups in total. The molecule has 0 spiro atoms. The van der Waals surface area contributed by atoms with Crippen molar-refractivity contribution >= 4 is 23.7 Å². The Hall–Kier alpha value is -1.56. The first-order valence-corrected chi connectivity index (χ1v) is 4.68. The smallest absolute Gasteiger partial charge is 0.405 e. The van der Waals surface area contributed by atoms with Gasteiger partial charge in [0.1, 0.15) is 5.75 Å². The largest absolute Gasteiger partial charge is 0.573 e. The van der Waals surface area contributed by atoms with Crippen molar-refractivity contribution in [2.75, 3.05) is 0 Å². The molecule has 1 aromatic rings. The van der Waals surface area contributed by atoms with E-state index in [1.807, 2.05) is 0 Å². The van der Waals surface area contributed by atoms with Crippen molar-refractivity contribution in [3.05, 3.63) is 28.3 Å². The highest BCUT2D eigenvalue weighted by molar-refractivity contribution is 6.33. The molecule has 0 aliphatic carbocycles. The van der Waals surface area contributed by atoms with Crippen molar-refractivity contribution in [2.45, 2.75) is 13.3 Å². The van der Waals surface area contributed by atoms with E-state index in [4.69, 9.17) is 11.6 Å². The molecule has 0 unspecified atom stereocenters. The number of hydrogen-bond donors (Lipinski definition) is 0. The lowest BCUT2D eigenvalue weighted by Gasteiger charge is -2.12. The molecular formula is C10H6ClF3O3. The number of ketones is 1. The Bertz CT molecular complexity index is 469. The van der Waals surface area contributed by atoms with Crippen LogP contribution in [0, 0.1) is 0 Å². The number of alkyl halides is 3. The first-order chi connectivity index (χ1) is 7.74. The lowest BCUT2D eigenvalue weighted by Crippen LogP contribution is -2.19. The van der Waals surface area contributed by atoms with Gasteiger partial charge in [-0.25, -0.2) is 0 Å². The van der Waals surface area contributed by atoms with Gasteiger partial charge in [-0.1, -0.05) is 11.6 Å². The van der Waals surface area contributed by atoms with Crippen molar-refractivity contribution in [1.29, 1.82) is 0 Å². The fourth-order valence-corrected chi connectivity index (χ4v) is 1.34. The number of ether oxygens (including phenoxy) is 1. The van der Waals surface area contributed by atoms with Crippen LogP contribution >= 0.6 is 11.6 Å². The maximum absolute atomic E-state index is 12.1. The quantitative estimate of drug-likeness (QED) is 0.623. The van der Waals surface area contributed by atoms with Gasteiger partial charge in [0.25, 0.3) is 0 Å². The fourth-order valence-electron chi connectivity index (χ4n) is 1.15. The lowest BCUT2D eigenvalue weighted by molar-refractivity contribution is -0.274. The van der Waals surface area contributed by atoms with E-state index in [0.29, 0.717) is 6.29 Å². The van der Waals surface area contributed by atoms with Gasteiger partial charge in [0.15, 0.2) is 12.1 Å². The molecule has 1 aromatic carbocycles. The minimum atomic E-state index is -4.93. The molecule has 0 bridgehead atoms. The lowest BCUT2D eigenvalue weighted by atomic mass is 10.1. The Morgan fingerprint density at radius 2 is 2.00 bits per heavy atom. The van der Waals surface area contributed by atoms with Crippen molar-refractivity contribution in [3.8, 4) is 5.75 Å². The highest BCUT2D eigenvalue weighted by Gasteiger charge is 2.33. The molecule has 0 atom stereocenters. The standard InChI is InChI=1S/C10H6ClF3O3/c1-5(16)7-2-6(4-15)8(11)3-9(7)17-10(12,13)14/h2-4H,1H3. The van der Waals surface area contributed by atoms with Gasteiger partial charge in [0, 0.05) is 11.6 Å². The van der Waals surface area contributed by atoms with Crippen molar-refractivity contribution < 1.29 is 27.5 Å². The number of carbonyl (C=O) groups excluding carboxylic acids is 2. The summed E-state index contributed by atoms with van der Waals surface area (Å²) in [6.45, 7) is 1.06. The topological polar surface area (TPSA) is 43.4 Å². The molecule has 7 heteroatoms. The van der Waals surface area contributed by atoms with Gasteiger partial charge in [0.05, 0.1) is 10.6 Å². The van der Waals surface area contributed by atoms with Crippen molar-refractivity contribution in [1.82, 2.24) is 0 Å². The summed E-state index contributed by atoms with van der Waals surface area (Å²) in [6, 6.07) is 1.74. The number of carbonyl (C=O) groups is 2. The Balaban J connectivity index is 3.33. The average Bonchev–Trinajstić information content (AvgIpc) is 2.14. The third kappa shape index (κ3) is 3.45. The number of rotatable bonds is 3. The summed E-state index contributed by atoms with van der Waals surface area (Å²) in [5, 5.41) is -0.218. The van der Waals surface area contributed by atoms with Gasteiger partial charge < -0.3 is 4.74 Å². The summed E-state index contributed by atoms with van der Waals surface area (Å²) in [5.74, 6) is -1.38. The third-order valence-corrected chi connectivity index (χ3v) is 2.16. The minimum Gasteiger partial charge on any atom is -0.405 e. The Labute approximate surface area is 99.1 Å². The van der Waals surface area contributed by atoms with E-state index in [1.165, 1.54) is 0 Å². The molecular weight excluding hydrogens is 261 g/mol. The molecule has 1 rings (SSSR count). The Morgan fingerprint density at radius 3 is 2.41 bits per heavy atom. The SMILES string of the molecule is CC(=O)c1cc(C=O)c(Cl)cc1OC(F)(F)F. The Morgan fingerprint density at radius 1 is 1.41 bits per heavy atom. The van der Waals surface area contributed by atoms with Gasteiger partial charge in [-0.05, 0) is 13.0 Å². The second-order valence-corrected chi connectivity index (χ2v) is 3.50. The number of Topliss-reactive ketones (excluding diaryl/α,β-unsaturated/α-hetero) is 1. The maximum atomic E-state index is 12.1. The summed E-state index contributed by atoms with van der Waals surface area (Å²) in [4.78, 5) is 21.7. The van der Waals surface area contributed by atoms with Crippen molar-refractivity contribution in [3.63, 3.8) is 0 Å². The van der Waals surface area contributed by atoms with Crippen LogP contribution in [0.15, 0.2) is 12.1 Å². The van der Waals surface area contributed by atoms with E-state index in [9.17, 15) is 22.8 Å². The highest BCUT2D eigenvalue weighted by Crippen LogP contribution is 2.31. The molecule has 0 aromatic heterocycles. The Kier molecular flexibility index (Phi) is 3.77. The van der Waals surface area contributed by atoms with Crippen LogP contribution in [0.25, 0.3) is 0 Å². The van der Waals surface area contributed by atoms with Crippen LogP contribution in [0.4, 0.5) is 13.2 Å². The predicted octanol–water partition coefficient (Wildman–Crippen LogP) is 3.25. The van der Waals surface area contributed by atoms with E-state index >= 15 is 0 Å². The van der Waals surface area contributed by atoms with Crippen LogP contribution in [0.2, 0.25) is 5.02 Å². The van der Waals surface area contributed by atoms with Crippen molar-refractivity contribution in [2.24, 2.45) is 0 Å². The highest BCUT2D eigenvalue weighted by atomic mass is 35.5. The summed E-state index contributed by atoms with van der Waals surface area (Å²) in [6.07, 6.45) is -4.59. The van der Waals surface area contributed by atoms with Gasteiger partial charge in [0.2, 0.25) is 0 Å². The van der Waals surface area contributed by atoms with Gasteiger partial charge in [-0.3, -0.25) is 9.59 Å². The summed E-state index contributed by atoms with van der Waals surface area (Å²) in [7, 11) is 0. The van der Waals surface area contributed by atoms with E-state index in [2.05, 4.69) is 4.74 Å². The second-order valence-electron chi connectivity index (χ2n) is 3.09. The first-order valence-electron chi connectivity index (χ1n) is 4.30. The third-order valence-electron chi connectivity index (χ3n) is 1.83. The number of aldehydes is 1. The molecule has 0 amide bonds. The molecule has 17 heavy (non-hydrogen) atoms. The normalized spacial score (nSPS) is 11.1. The second kappa shape index (κ2) is 4.75. The molecule has 3 nitrogen and oxygen atoms in total. The maximum Gasteiger partial charge on any atom is 0.573 e. The molecule has 92 valence electrons. The molecule has 0 aliphatic heterocycles. The number of hydrogen-bond acceptors (Lipinski definition) is 3. The number of halogens is 4. The molecule has 0 saturated heterocycles. The average molecular weight is 267 g/mol. The molecule has 0 aliphatic rings. The zero-order valence-corrected chi connectivity index (χ0v) is 9.22. The van der Waals surface area contributed by atoms with E-state index in [-0.39, 0.29) is 16.1 Å². The van der Waals surface area contributed by atoms with Gasteiger partial charge >= 0.3 is 6.36 Å². The first kappa shape index (κ1) is 13.5. The fraction of sp³-hybridized carbons (Fsp3) is 0.200. The van der Waals surface area contributed by atoms with Crippen LogP contribution < -0.4 is 4.74 Å². The van der Waals surface area contributed by atoms with Crippen LogP contribution in [0.5, 0.6) is 5.75 Å². The summed E-state index contributed by atoms with van der Waals surface area (Å²) < 4.78 is 39.8. The predicted molar refractivity (Wildman–Crippen MR) is 53.5 cm³/mol. The minimum absolute atomic E-state index is 0.0774. The monoisotopic (exact) mass is 266 g/mol. The van der Waals surface area contributed by atoms with E-state index < -0.39 is 17.9 Å². The zero-order chi connectivity index (χ0) is 13.2. The number of benzene rings is 1. The molecule has 0 heterocycles. The zero-order valence-electron chi connectivity index (χ0n) is 8.47. The van der Waals surface area contributed by atoms with E-state index in [0.717, 1.165) is 19.1 Å². The van der Waals surface area contributed by atoms with Gasteiger partial charge in [-0.15, -0.1) is 13.2 Å².